The molecule has 0 bridgehead atoms. The second kappa shape index (κ2) is 7.59. The van der Waals surface area contributed by atoms with Crippen LogP contribution < -0.4 is 0 Å². The summed E-state index contributed by atoms with van der Waals surface area (Å²) in [5.74, 6) is 0.281. The third-order valence-corrected chi connectivity index (χ3v) is 5.82. The molecule has 19 heavy (non-hydrogen) atoms. The van der Waals surface area contributed by atoms with E-state index in [4.69, 9.17) is 16.3 Å². The summed E-state index contributed by atoms with van der Waals surface area (Å²) < 4.78 is 31.6. The third-order valence-electron chi connectivity index (χ3n) is 2.66. The molecule has 0 aliphatic carbocycles. The van der Waals surface area contributed by atoms with E-state index in [1.165, 1.54) is 4.31 Å². The van der Waals surface area contributed by atoms with Crippen molar-refractivity contribution in [2.24, 2.45) is 0 Å². The average molecular weight is 371 g/mol. The normalized spacial score (nSPS) is 12.1. The number of rotatable bonds is 7. The number of alkyl halides is 1. The van der Waals surface area contributed by atoms with E-state index in [0.717, 1.165) is 5.56 Å². The molecule has 0 unspecified atom stereocenters. The Labute approximate surface area is 127 Å². The molecule has 0 aliphatic heterocycles. The van der Waals surface area contributed by atoms with Crippen LogP contribution in [0, 0.1) is 0 Å². The van der Waals surface area contributed by atoms with E-state index in [1.54, 1.807) is 32.4 Å². The summed E-state index contributed by atoms with van der Waals surface area (Å²) in [6.45, 7) is 0.941. The van der Waals surface area contributed by atoms with E-state index in [2.05, 4.69) is 15.9 Å². The van der Waals surface area contributed by atoms with E-state index in [1.807, 2.05) is 0 Å². The molecular weight excluding hydrogens is 354 g/mol. The molecule has 0 spiro atoms. The van der Waals surface area contributed by atoms with Gasteiger partial charge in [0.25, 0.3) is 0 Å². The van der Waals surface area contributed by atoms with Gasteiger partial charge in [-0.25, -0.2) is 12.7 Å². The minimum Gasteiger partial charge on any atom is -0.385 e. The molecule has 0 saturated carbocycles. The Morgan fingerprint density at radius 2 is 2.11 bits per heavy atom. The zero-order valence-corrected chi connectivity index (χ0v) is 14.1. The summed E-state index contributed by atoms with van der Waals surface area (Å²) in [5.41, 5.74) is 0.772. The molecule has 0 amide bonds. The molecule has 0 aliphatic rings. The second-order valence-corrected chi connectivity index (χ2v) is 7.21. The van der Waals surface area contributed by atoms with Crippen molar-refractivity contribution in [3.63, 3.8) is 0 Å². The molecule has 1 aromatic rings. The molecule has 0 N–H and O–H groups in total. The van der Waals surface area contributed by atoms with Gasteiger partial charge < -0.3 is 4.74 Å². The average Bonchev–Trinajstić information content (AvgIpc) is 2.39. The molecule has 1 rings (SSSR count). The van der Waals surface area contributed by atoms with Gasteiger partial charge in [0.15, 0.2) is 0 Å². The Hall–Kier alpha value is -0.140. The Morgan fingerprint density at radius 3 is 2.68 bits per heavy atom. The van der Waals surface area contributed by atoms with Crippen molar-refractivity contribution < 1.29 is 13.2 Å². The predicted octanol–water partition coefficient (Wildman–Crippen LogP) is 2.84. The van der Waals surface area contributed by atoms with Crippen molar-refractivity contribution in [2.75, 3.05) is 27.3 Å². The fourth-order valence-electron chi connectivity index (χ4n) is 1.55. The number of hydrogen-bond acceptors (Lipinski definition) is 3. The summed E-state index contributed by atoms with van der Waals surface area (Å²) >= 11 is 9.02. The monoisotopic (exact) mass is 369 g/mol. The highest BCUT2D eigenvalue weighted by molar-refractivity contribution is 9.10. The zero-order chi connectivity index (χ0) is 14.5. The molecule has 0 saturated heterocycles. The topological polar surface area (TPSA) is 46.6 Å². The van der Waals surface area contributed by atoms with Gasteiger partial charge in [0.1, 0.15) is 0 Å². The Morgan fingerprint density at radius 1 is 1.42 bits per heavy atom. The molecule has 7 heteroatoms. The molecule has 0 heterocycles. The van der Waals surface area contributed by atoms with Gasteiger partial charge >= 0.3 is 0 Å². The quantitative estimate of drug-likeness (QED) is 0.548. The van der Waals surface area contributed by atoms with Crippen molar-refractivity contribution in [3.8, 4) is 0 Å². The molecule has 0 aromatic heterocycles. The van der Waals surface area contributed by atoms with Crippen molar-refractivity contribution in [2.45, 2.75) is 17.2 Å². The minimum absolute atomic E-state index is 0.241. The van der Waals surface area contributed by atoms with Crippen LogP contribution in [0.4, 0.5) is 0 Å². The number of methoxy groups -OCH3 is 1. The first-order valence-electron chi connectivity index (χ1n) is 5.73. The maximum absolute atomic E-state index is 12.4. The van der Waals surface area contributed by atoms with Crippen molar-refractivity contribution in [3.05, 3.63) is 28.2 Å². The van der Waals surface area contributed by atoms with Crippen LogP contribution in [0.5, 0.6) is 0 Å². The highest BCUT2D eigenvalue weighted by atomic mass is 79.9. The lowest BCUT2D eigenvalue weighted by atomic mass is 10.2. The summed E-state index contributed by atoms with van der Waals surface area (Å²) in [6, 6.07) is 5.09. The van der Waals surface area contributed by atoms with E-state index < -0.39 is 10.0 Å². The first kappa shape index (κ1) is 16.9. The first-order valence-corrected chi connectivity index (χ1v) is 8.50. The van der Waals surface area contributed by atoms with Crippen LogP contribution in [0.3, 0.4) is 0 Å². The SMILES string of the molecule is COCCCN(C)S(=O)(=O)c1cc(CCl)ccc1Br. The standard InChI is InChI=1S/C12H17BrClNO3S/c1-15(6-3-7-18-2)19(16,17)12-8-10(9-14)4-5-11(12)13/h4-5,8H,3,6-7,9H2,1-2H3. The van der Waals surface area contributed by atoms with Crippen LogP contribution in [-0.4, -0.2) is 40.0 Å². The van der Waals surface area contributed by atoms with Gasteiger partial charge in [0, 0.05) is 37.7 Å². The first-order chi connectivity index (χ1) is 8.93. The summed E-state index contributed by atoms with van der Waals surface area (Å²) in [4.78, 5) is 0.241. The molecule has 0 atom stereocenters. The Kier molecular flexibility index (Phi) is 6.76. The molecule has 108 valence electrons. The van der Waals surface area contributed by atoms with Crippen LogP contribution in [-0.2, 0) is 20.6 Å². The predicted molar refractivity (Wildman–Crippen MR) is 80.0 cm³/mol. The fraction of sp³-hybridized carbons (Fsp3) is 0.500. The van der Waals surface area contributed by atoms with Gasteiger partial charge in [0.05, 0.1) is 4.90 Å². The Bertz CT molecular complexity index is 522. The smallest absolute Gasteiger partial charge is 0.243 e. The third kappa shape index (κ3) is 4.43. The van der Waals surface area contributed by atoms with Gasteiger partial charge in [-0.3, -0.25) is 0 Å². The molecular formula is C12H17BrClNO3S. The van der Waals surface area contributed by atoms with Gasteiger partial charge in [-0.1, -0.05) is 6.07 Å². The fourth-order valence-corrected chi connectivity index (χ4v) is 3.89. The lowest BCUT2D eigenvalue weighted by Gasteiger charge is -2.18. The maximum Gasteiger partial charge on any atom is 0.243 e. The van der Waals surface area contributed by atoms with Crippen LogP contribution in [0.15, 0.2) is 27.6 Å². The van der Waals surface area contributed by atoms with E-state index in [0.29, 0.717) is 24.0 Å². The van der Waals surface area contributed by atoms with Gasteiger partial charge in [0.2, 0.25) is 10.0 Å². The molecule has 0 radical (unpaired) electrons. The Balaban J connectivity index is 2.99. The number of benzene rings is 1. The second-order valence-electron chi connectivity index (χ2n) is 4.07. The zero-order valence-electron chi connectivity index (χ0n) is 10.9. The highest BCUT2D eigenvalue weighted by Gasteiger charge is 2.23. The van der Waals surface area contributed by atoms with Gasteiger partial charge in [-0.05, 0) is 40.0 Å². The van der Waals surface area contributed by atoms with E-state index in [-0.39, 0.29) is 10.8 Å². The van der Waals surface area contributed by atoms with Crippen LogP contribution in [0.2, 0.25) is 0 Å². The summed E-state index contributed by atoms with van der Waals surface area (Å²) in [6.07, 6.45) is 0.652. The number of sulfonamides is 1. The van der Waals surface area contributed by atoms with Gasteiger partial charge in [-0.2, -0.15) is 0 Å². The van der Waals surface area contributed by atoms with Crippen molar-refractivity contribution in [1.82, 2.24) is 4.31 Å². The minimum atomic E-state index is -3.51. The summed E-state index contributed by atoms with van der Waals surface area (Å²) in [5, 5.41) is 0. The van der Waals surface area contributed by atoms with E-state index >= 15 is 0 Å². The number of nitrogens with zero attached hydrogens (tertiary/aromatic N) is 1. The largest absolute Gasteiger partial charge is 0.385 e. The van der Waals surface area contributed by atoms with E-state index in [9.17, 15) is 8.42 Å². The molecule has 4 nitrogen and oxygen atoms in total. The lowest BCUT2D eigenvalue weighted by molar-refractivity contribution is 0.189. The van der Waals surface area contributed by atoms with Gasteiger partial charge in [-0.15, -0.1) is 11.6 Å². The summed E-state index contributed by atoms with van der Waals surface area (Å²) in [7, 11) is -0.358. The maximum atomic E-state index is 12.4. The number of ether oxygens (including phenoxy) is 1. The number of halogens is 2. The molecule has 0 fully saturated rings. The van der Waals surface area contributed by atoms with Crippen molar-refractivity contribution >= 4 is 37.6 Å². The number of hydrogen-bond donors (Lipinski definition) is 0. The lowest BCUT2D eigenvalue weighted by Crippen LogP contribution is -2.29. The van der Waals surface area contributed by atoms with Crippen LogP contribution in [0.25, 0.3) is 0 Å². The highest BCUT2D eigenvalue weighted by Crippen LogP contribution is 2.26. The van der Waals surface area contributed by atoms with Crippen LogP contribution >= 0.6 is 27.5 Å². The molecule has 1 aromatic carbocycles. The van der Waals surface area contributed by atoms with Crippen molar-refractivity contribution in [1.29, 1.82) is 0 Å². The van der Waals surface area contributed by atoms with Crippen LogP contribution in [0.1, 0.15) is 12.0 Å².